The SMILES string of the molecule is CCCCNc1nc2cccc(-c3nc4cc(C(=O)OC)ccc4n3CCCC)c2n1CCCc1ccccc1. The average Bonchev–Trinajstić information content (AvgIpc) is 3.53. The number of carbonyl (C=O) groups excluding carboxylic acids is 1. The van der Waals surface area contributed by atoms with E-state index in [1.54, 1.807) is 0 Å². The molecule has 0 aliphatic carbocycles. The van der Waals surface area contributed by atoms with E-state index < -0.39 is 0 Å². The van der Waals surface area contributed by atoms with Crippen LogP contribution in [0.4, 0.5) is 5.95 Å². The lowest BCUT2D eigenvalue weighted by Gasteiger charge is -2.14. The maximum atomic E-state index is 12.2. The zero-order chi connectivity index (χ0) is 27.9. The predicted molar refractivity (Wildman–Crippen MR) is 163 cm³/mol. The van der Waals surface area contributed by atoms with Crippen molar-refractivity contribution < 1.29 is 9.53 Å². The molecule has 7 nitrogen and oxygen atoms in total. The van der Waals surface area contributed by atoms with Crippen LogP contribution in [0.5, 0.6) is 0 Å². The summed E-state index contributed by atoms with van der Waals surface area (Å²) >= 11 is 0. The Morgan fingerprint density at radius 2 is 1.65 bits per heavy atom. The van der Waals surface area contributed by atoms with E-state index in [0.717, 1.165) is 97.6 Å². The van der Waals surface area contributed by atoms with Crippen molar-refractivity contribution in [2.24, 2.45) is 0 Å². The van der Waals surface area contributed by atoms with Crippen LogP contribution in [-0.2, 0) is 24.2 Å². The molecule has 0 atom stereocenters. The fourth-order valence-corrected chi connectivity index (χ4v) is 5.30. The van der Waals surface area contributed by atoms with Crippen LogP contribution in [0, 0.1) is 0 Å². The lowest BCUT2D eigenvalue weighted by molar-refractivity contribution is 0.0601. The van der Waals surface area contributed by atoms with Crippen molar-refractivity contribution in [1.82, 2.24) is 19.1 Å². The number of carbonyl (C=O) groups is 1. The van der Waals surface area contributed by atoms with Gasteiger partial charge in [0.25, 0.3) is 0 Å². The number of anilines is 1. The smallest absolute Gasteiger partial charge is 0.337 e. The maximum absolute atomic E-state index is 12.2. The summed E-state index contributed by atoms with van der Waals surface area (Å²) < 4.78 is 9.60. The summed E-state index contributed by atoms with van der Waals surface area (Å²) in [6, 6.07) is 22.6. The number of fused-ring (bicyclic) bond motifs is 2. The summed E-state index contributed by atoms with van der Waals surface area (Å²) in [4.78, 5) is 22.4. The number of ether oxygens (including phenoxy) is 1. The Labute approximate surface area is 236 Å². The van der Waals surface area contributed by atoms with Gasteiger partial charge < -0.3 is 19.2 Å². The maximum Gasteiger partial charge on any atom is 0.337 e. The van der Waals surface area contributed by atoms with Crippen molar-refractivity contribution in [2.75, 3.05) is 19.0 Å². The number of benzene rings is 3. The van der Waals surface area contributed by atoms with Crippen molar-refractivity contribution in [2.45, 2.75) is 65.5 Å². The van der Waals surface area contributed by atoms with Crippen LogP contribution in [0.1, 0.15) is 61.9 Å². The summed E-state index contributed by atoms with van der Waals surface area (Å²) in [6.45, 7) is 6.98. The first-order chi connectivity index (χ1) is 19.6. The minimum atomic E-state index is -0.354. The summed E-state index contributed by atoms with van der Waals surface area (Å²) in [5, 5.41) is 3.61. The quantitative estimate of drug-likeness (QED) is 0.124. The Morgan fingerprint density at radius 3 is 2.42 bits per heavy atom. The van der Waals surface area contributed by atoms with Crippen molar-refractivity contribution in [3.05, 3.63) is 77.9 Å². The number of hydrogen-bond acceptors (Lipinski definition) is 5. The number of hydrogen-bond donors (Lipinski definition) is 1. The second kappa shape index (κ2) is 12.8. The van der Waals surface area contributed by atoms with Crippen LogP contribution in [-0.4, -0.2) is 38.7 Å². The van der Waals surface area contributed by atoms with Gasteiger partial charge in [0, 0.05) is 25.2 Å². The van der Waals surface area contributed by atoms with Crippen molar-refractivity contribution in [3.8, 4) is 11.4 Å². The van der Waals surface area contributed by atoms with Crippen molar-refractivity contribution >= 4 is 34.0 Å². The predicted octanol–water partition coefficient (Wildman–Crippen LogP) is 7.48. The molecule has 5 aromatic rings. The minimum Gasteiger partial charge on any atom is -0.465 e. The largest absolute Gasteiger partial charge is 0.465 e. The molecule has 208 valence electrons. The van der Waals surface area contributed by atoms with Gasteiger partial charge >= 0.3 is 5.97 Å². The lowest BCUT2D eigenvalue weighted by atomic mass is 10.1. The molecule has 0 saturated heterocycles. The second-order valence-electron chi connectivity index (χ2n) is 10.3. The van der Waals surface area contributed by atoms with E-state index in [0.29, 0.717) is 5.56 Å². The molecule has 3 aromatic carbocycles. The zero-order valence-electron chi connectivity index (χ0n) is 23.8. The number of aryl methyl sites for hydroxylation is 3. The number of aromatic nitrogens is 4. The topological polar surface area (TPSA) is 74.0 Å². The highest BCUT2D eigenvalue weighted by Crippen LogP contribution is 2.34. The molecule has 0 spiro atoms. The van der Waals surface area contributed by atoms with Gasteiger partial charge in [-0.05, 0) is 61.6 Å². The molecule has 0 aliphatic rings. The molecule has 0 saturated carbocycles. The number of nitrogens with one attached hydrogen (secondary N) is 1. The Morgan fingerprint density at radius 1 is 0.850 bits per heavy atom. The third-order valence-corrected chi connectivity index (χ3v) is 7.42. The molecule has 5 rings (SSSR count). The van der Waals surface area contributed by atoms with E-state index in [1.807, 2.05) is 18.2 Å². The summed E-state index contributed by atoms with van der Waals surface area (Å²) in [7, 11) is 1.41. The Kier molecular flexibility index (Phi) is 8.79. The molecular weight excluding hydrogens is 498 g/mol. The van der Waals surface area contributed by atoms with Crippen LogP contribution in [0.3, 0.4) is 0 Å². The molecule has 1 N–H and O–H groups in total. The Bertz CT molecular complexity index is 1590. The second-order valence-corrected chi connectivity index (χ2v) is 10.3. The molecule has 40 heavy (non-hydrogen) atoms. The highest BCUT2D eigenvalue weighted by molar-refractivity contribution is 5.97. The summed E-state index contributed by atoms with van der Waals surface area (Å²) in [5.41, 5.74) is 6.77. The van der Waals surface area contributed by atoms with Crippen LogP contribution in [0.15, 0.2) is 66.7 Å². The van der Waals surface area contributed by atoms with Gasteiger partial charge in [-0.3, -0.25) is 0 Å². The number of unbranched alkanes of at least 4 members (excludes halogenated alkanes) is 2. The first-order valence-corrected chi connectivity index (χ1v) is 14.5. The molecule has 0 unspecified atom stereocenters. The molecule has 0 amide bonds. The lowest BCUT2D eigenvalue weighted by Crippen LogP contribution is -2.10. The number of methoxy groups -OCH3 is 1. The number of esters is 1. The fraction of sp³-hybridized carbons (Fsp3) is 0.364. The van der Waals surface area contributed by atoms with Gasteiger partial charge in [0.15, 0.2) is 0 Å². The molecule has 0 radical (unpaired) electrons. The van der Waals surface area contributed by atoms with Gasteiger partial charge in [-0.15, -0.1) is 0 Å². The van der Waals surface area contributed by atoms with Crippen LogP contribution in [0.2, 0.25) is 0 Å². The number of nitrogens with zero attached hydrogens (tertiary/aromatic N) is 4. The monoisotopic (exact) mass is 537 g/mol. The third kappa shape index (κ3) is 5.74. The van der Waals surface area contributed by atoms with E-state index in [9.17, 15) is 4.79 Å². The Balaban J connectivity index is 1.62. The van der Waals surface area contributed by atoms with Crippen LogP contribution >= 0.6 is 0 Å². The number of imidazole rings is 2. The van der Waals surface area contributed by atoms with Gasteiger partial charge in [0.2, 0.25) is 5.95 Å². The van der Waals surface area contributed by atoms with Crippen LogP contribution < -0.4 is 5.32 Å². The van der Waals surface area contributed by atoms with Crippen molar-refractivity contribution in [1.29, 1.82) is 0 Å². The Hall–Kier alpha value is -4.13. The van der Waals surface area contributed by atoms with Gasteiger partial charge in [-0.2, -0.15) is 0 Å². The molecular formula is C33H39N5O2. The van der Waals surface area contributed by atoms with E-state index in [1.165, 1.54) is 12.7 Å². The zero-order valence-corrected chi connectivity index (χ0v) is 23.8. The van der Waals surface area contributed by atoms with Crippen molar-refractivity contribution in [3.63, 3.8) is 0 Å². The van der Waals surface area contributed by atoms with E-state index in [4.69, 9.17) is 14.7 Å². The summed E-state index contributed by atoms with van der Waals surface area (Å²) in [6.07, 6.45) is 6.33. The van der Waals surface area contributed by atoms with E-state index in [-0.39, 0.29) is 5.97 Å². The number of para-hydroxylation sites is 1. The number of rotatable bonds is 13. The highest BCUT2D eigenvalue weighted by Gasteiger charge is 2.21. The normalized spacial score (nSPS) is 11.4. The van der Waals surface area contributed by atoms with E-state index >= 15 is 0 Å². The molecule has 0 aliphatic heterocycles. The molecule has 0 fully saturated rings. The average molecular weight is 538 g/mol. The molecule has 2 aromatic heterocycles. The first-order valence-electron chi connectivity index (χ1n) is 14.5. The standard InChI is InChI=1S/C33H39N5O2/c1-4-6-20-34-33-36-27-17-11-16-26(30(27)38(33)22-12-15-24-13-9-8-10-14-24)31-35-28-23-25(32(39)40-3)18-19-29(28)37(31)21-7-5-2/h8-11,13-14,16-19,23H,4-7,12,15,20-22H2,1-3H3,(H,34,36). The summed E-state index contributed by atoms with van der Waals surface area (Å²) in [5.74, 6) is 1.46. The van der Waals surface area contributed by atoms with Gasteiger partial charge in [-0.25, -0.2) is 14.8 Å². The van der Waals surface area contributed by atoms with Gasteiger partial charge in [0.05, 0.1) is 34.7 Å². The first kappa shape index (κ1) is 27.4. The molecule has 7 heteroatoms. The fourth-order valence-electron chi connectivity index (χ4n) is 5.30. The molecule has 2 heterocycles. The highest BCUT2D eigenvalue weighted by atomic mass is 16.5. The van der Waals surface area contributed by atoms with Crippen LogP contribution in [0.25, 0.3) is 33.5 Å². The minimum absolute atomic E-state index is 0.354. The van der Waals surface area contributed by atoms with Gasteiger partial charge in [0.1, 0.15) is 5.82 Å². The third-order valence-electron chi connectivity index (χ3n) is 7.42. The van der Waals surface area contributed by atoms with Gasteiger partial charge in [-0.1, -0.05) is 63.1 Å². The van der Waals surface area contributed by atoms with E-state index in [2.05, 4.69) is 76.8 Å². The molecule has 0 bridgehead atoms.